The number of anilines is 1. The van der Waals surface area contributed by atoms with Crippen molar-refractivity contribution in [3.63, 3.8) is 0 Å². The van der Waals surface area contributed by atoms with Gasteiger partial charge in [0, 0.05) is 11.6 Å². The fraction of sp³-hybridized carbons (Fsp3) is 0.200. The number of thiocarbonyl (C=S) groups is 1. The average Bonchev–Trinajstić information content (AvgIpc) is 2.89. The van der Waals surface area contributed by atoms with Crippen LogP contribution in [0, 0.1) is 13.8 Å². The van der Waals surface area contributed by atoms with E-state index >= 15 is 0 Å². The summed E-state index contributed by atoms with van der Waals surface area (Å²) >= 11 is 6.76. The lowest BCUT2D eigenvalue weighted by atomic mass is 10.1. The first-order chi connectivity index (χ1) is 12.4. The van der Waals surface area contributed by atoms with Crippen molar-refractivity contribution in [1.82, 2.24) is 0 Å². The molecule has 0 N–H and O–H groups in total. The Balaban J connectivity index is 1.97. The van der Waals surface area contributed by atoms with E-state index in [2.05, 4.69) is 0 Å². The topological polar surface area (TPSA) is 38.8 Å². The van der Waals surface area contributed by atoms with Crippen LogP contribution in [0.3, 0.4) is 0 Å². The zero-order valence-electron chi connectivity index (χ0n) is 15.0. The fourth-order valence-corrected chi connectivity index (χ4v) is 4.09. The van der Waals surface area contributed by atoms with Crippen molar-refractivity contribution in [1.29, 1.82) is 0 Å². The number of hydrogen-bond acceptors (Lipinski definition) is 5. The first-order valence-electron chi connectivity index (χ1n) is 8.02. The number of hydrogen-bond donors (Lipinski definition) is 0. The predicted molar refractivity (Wildman–Crippen MR) is 111 cm³/mol. The first kappa shape index (κ1) is 18.5. The highest BCUT2D eigenvalue weighted by Gasteiger charge is 2.34. The van der Waals surface area contributed by atoms with Crippen LogP contribution >= 0.6 is 24.0 Å². The maximum absolute atomic E-state index is 13.0. The highest BCUT2D eigenvalue weighted by molar-refractivity contribution is 8.27. The standard InChI is InChI=1S/C20H19NO3S2/c1-12-5-8-16(13(2)9-12)21-19(22)18(26-20(21)25)10-14-6-7-15(23-3)11-17(14)24-4/h5-11H,1-4H3. The zero-order chi connectivity index (χ0) is 18.8. The third-order valence-corrected chi connectivity index (χ3v) is 5.42. The summed E-state index contributed by atoms with van der Waals surface area (Å²) in [5, 5.41) is 0. The van der Waals surface area contributed by atoms with Gasteiger partial charge in [-0.05, 0) is 43.7 Å². The molecule has 6 heteroatoms. The van der Waals surface area contributed by atoms with Gasteiger partial charge in [0.25, 0.3) is 5.91 Å². The molecule has 0 aliphatic carbocycles. The second-order valence-corrected chi connectivity index (χ2v) is 7.59. The number of carbonyl (C=O) groups excluding carboxylic acids is 1. The molecule has 2 aromatic carbocycles. The van der Waals surface area contributed by atoms with Crippen LogP contribution in [-0.4, -0.2) is 24.4 Å². The third-order valence-electron chi connectivity index (χ3n) is 4.11. The van der Waals surface area contributed by atoms with E-state index in [-0.39, 0.29) is 5.91 Å². The van der Waals surface area contributed by atoms with Crippen molar-refractivity contribution < 1.29 is 14.3 Å². The van der Waals surface area contributed by atoms with Gasteiger partial charge in [0.15, 0.2) is 4.32 Å². The van der Waals surface area contributed by atoms with Crippen LogP contribution in [0.4, 0.5) is 5.69 Å². The summed E-state index contributed by atoms with van der Waals surface area (Å²) in [5.41, 5.74) is 3.79. The van der Waals surface area contributed by atoms with E-state index in [1.165, 1.54) is 11.8 Å². The molecule has 0 bridgehead atoms. The van der Waals surface area contributed by atoms with Gasteiger partial charge < -0.3 is 9.47 Å². The number of ether oxygens (including phenoxy) is 2. The second kappa shape index (κ2) is 7.51. The van der Waals surface area contributed by atoms with Crippen LogP contribution in [0.25, 0.3) is 6.08 Å². The van der Waals surface area contributed by atoms with Gasteiger partial charge in [0.05, 0.1) is 24.8 Å². The smallest absolute Gasteiger partial charge is 0.270 e. The van der Waals surface area contributed by atoms with E-state index in [4.69, 9.17) is 21.7 Å². The molecule has 0 aromatic heterocycles. The van der Waals surface area contributed by atoms with Crippen LogP contribution in [-0.2, 0) is 4.79 Å². The normalized spacial score (nSPS) is 15.7. The molecule has 1 amide bonds. The van der Waals surface area contributed by atoms with E-state index in [0.717, 1.165) is 22.4 Å². The molecule has 0 unspecified atom stereocenters. The molecule has 2 aromatic rings. The molecule has 3 rings (SSSR count). The van der Waals surface area contributed by atoms with Gasteiger partial charge >= 0.3 is 0 Å². The van der Waals surface area contributed by atoms with Gasteiger partial charge in [-0.25, -0.2) is 0 Å². The summed E-state index contributed by atoms with van der Waals surface area (Å²) in [4.78, 5) is 15.1. The van der Waals surface area contributed by atoms with E-state index in [1.807, 2.05) is 44.2 Å². The van der Waals surface area contributed by atoms with Gasteiger partial charge in [0.1, 0.15) is 11.5 Å². The van der Waals surface area contributed by atoms with E-state index in [0.29, 0.717) is 20.7 Å². The minimum Gasteiger partial charge on any atom is -0.497 e. The molecule has 1 aliphatic heterocycles. The molecule has 1 saturated heterocycles. The molecule has 0 saturated carbocycles. The average molecular weight is 386 g/mol. The molecule has 1 heterocycles. The van der Waals surface area contributed by atoms with E-state index in [1.54, 1.807) is 31.3 Å². The number of nitrogens with zero attached hydrogens (tertiary/aromatic N) is 1. The van der Waals surface area contributed by atoms with Crippen LogP contribution in [0.1, 0.15) is 16.7 Å². The summed E-state index contributed by atoms with van der Waals surface area (Å²) in [5.74, 6) is 1.22. The lowest BCUT2D eigenvalue weighted by molar-refractivity contribution is -0.113. The molecule has 1 fully saturated rings. The Labute approximate surface area is 162 Å². The predicted octanol–water partition coefficient (Wildman–Crippen LogP) is 4.73. The van der Waals surface area contributed by atoms with Crippen molar-refractivity contribution in [2.75, 3.05) is 19.1 Å². The Kier molecular flexibility index (Phi) is 5.34. The van der Waals surface area contributed by atoms with E-state index < -0.39 is 0 Å². The number of aryl methyl sites for hydroxylation is 2. The summed E-state index contributed by atoms with van der Waals surface area (Å²) in [6, 6.07) is 11.4. The van der Waals surface area contributed by atoms with Crippen LogP contribution in [0.2, 0.25) is 0 Å². The Morgan fingerprint density at radius 1 is 1.08 bits per heavy atom. The number of benzene rings is 2. The Hall–Kier alpha value is -2.31. The first-order valence-corrected chi connectivity index (χ1v) is 9.24. The van der Waals surface area contributed by atoms with Crippen molar-refractivity contribution in [3.05, 3.63) is 58.0 Å². The van der Waals surface area contributed by atoms with Crippen molar-refractivity contribution in [3.8, 4) is 11.5 Å². The molecule has 0 spiro atoms. The number of carbonyl (C=O) groups is 1. The number of thioether (sulfide) groups is 1. The van der Waals surface area contributed by atoms with Crippen molar-refractivity contribution >= 4 is 46.0 Å². The van der Waals surface area contributed by atoms with Gasteiger partial charge in [0.2, 0.25) is 0 Å². The maximum atomic E-state index is 13.0. The summed E-state index contributed by atoms with van der Waals surface area (Å²) in [6.45, 7) is 4.01. The van der Waals surface area contributed by atoms with Gasteiger partial charge in [-0.2, -0.15) is 0 Å². The SMILES string of the molecule is COc1ccc(C=C2SC(=S)N(c3ccc(C)cc3C)C2=O)c(OC)c1. The molecule has 0 atom stereocenters. The Morgan fingerprint density at radius 2 is 1.85 bits per heavy atom. The van der Waals surface area contributed by atoms with Crippen LogP contribution < -0.4 is 14.4 Å². The molecule has 134 valence electrons. The van der Waals surface area contributed by atoms with Crippen molar-refractivity contribution in [2.45, 2.75) is 13.8 Å². The molecular formula is C20H19NO3S2. The number of rotatable bonds is 4. The third kappa shape index (κ3) is 3.48. The van der Waals surface area contributed by atoms with Crippen LogP contribution in [0.5, 0.6) is 11.5 Å². The number of amides is 1. The van der Waals surface area contributed by atoms with Crippen molar-refractivity contribution in [2.24, 2.45) is 0 Å². The van der Waals surface area contributed by atoms with Gasteiger partial charge in [-0.1, -0.05) is 41.7 Å². The highest BCUT2D eigenvalue weighted by Crippen LogP contribution is 2.38. The maximum Gasteiger partial charge on any atom is 0.270 e. The van der Waals surface area contributed by atoms with Gasteiger partial charge in [-0.15, -0.1) is 0 Å². The molecule has 4 nitrogen and oxygen atoms in total. The minimum atomic E-state index is -0.121. The lowest BCUT2D eigenvalue weighted by Crippen LogP contribution is -2.28. The molecular weight excluding hydrogens is 366 g/mol. The Bertz CT molecular complexity index is 921. The molecule has 1 aliphatic rings. The minimum absolute atomic E-state index is 0.121. The summed E-state index contributed by atoms with van der Waals surface area (Å²) in [6.07, 6.45) is 1.81. The summed E-state index contributed by atoms with van der Waals surface area (Å²) < 4.78 is 11.2. The lowest BCUT2D eigenvalue weighted by Gasteiger charge is -2.17. The quantitative estimate of drug-likeness (QED) is 0.562. The second-order valence-electron chi connectivity index (χ2n) is 5.91. The fourth-order valence-electron chi connectivity index (χ4n) is 2.81. The van der Waals surface area contributed by atoms with Gasteiger partial charge in [-0.3, -0.25) is 9.69 Å². The molecule has 26 heavy (non-hydrogen) atoms. The van der Waals surface area contributed by atoms with E-state index in [9.17, 15) is 4.79 Å². The summed E-state index contributed by atoms with van der Waals surface area (Å²) in [7, 11) is 3.19. The largest absolute Gasteiger partial charge is 0.497 e. The Morgan fingerprint density at radius 3 is 2.50 bits per heavy atom. The zero-order valence-corrected chi connectivity index (χ0v) is 16.7. The molecule has 0 radical (unpaired) electrons. The van der Waals surface area contributed by atoms with Crippen LogP contribution in [0.15, 0.2) is 41.3 Å². The number of methoxy groups -OCH3 is 2. The monoisotopic (exact) mass is 385 g/mol. The highest BCUT2D eigenvalue weighted by atomic mass is 32.2.